The van der Waals surface area contributed by atoms with Crippen LogP contribution in [0.4, 0.5) is 0 Å². The van der Waals surface area contributed by atoms with E-state index in [0.29, 0.717) is 0 Å². The van der Waals surface area contributed by atoms with Gasteiger partial charge in [0.15, 0.2) is 5.96 Å². The van der Waals surface area contributed by atoms with Gasteiger partial charge in [0, 0.05) is 25.0 Å². The zero-order chi connectivity index (χ0) is 16.5. The zero-order valence-electron chi connectivity index (χ0n) is 14.6. The van der Waals surface area contributed by atoms with E-state index in [0.717, 1.165) is 32.1 Å². The van der Waals surface area contributed by atoms with Crippen molar-refractivity contribution in [2.24, 2.45) is 4.99 Å². The summed E-state index contributed by atoms with van der Waals surface area (Å²) in [6.07, 6.45) is 0. The molecule has 0 aliphatic carbocycles. The molecule has 0 bridgehead atoms. The van der Waals surface area contributed by atoms with E-state index in [2.05, 4.69) is 76.3 Å². The Morgan fingerprint density at radius 1 is 1.12 bits per heavy atom. The van der Waals surface area contributed by atoms with Crippen LogP contribution < -0.4 is 10.6 Å². The lowest BCUT2D eigenvalue weighted by atomic mass is 10.1. The van der Waals surface area contributed by atoms with Crippen molar-refractivity contribution < 1.29 is 0 Å². The second-order valence-electron chi connectivity index (χ2n) is 5.51. The van der Waals surface area contributed by atoms with Crippen LogP contribution in [0.5, 0.6) is 0 Å². The second kappa shape index (κ2) is 11.4. The van der Waals surface area contributed by atoms with Crippen LogP contribution in [0.25, 0.3) is 0 Å². The predicted octanol–water partition coefficient (Wildman–Crippen LogP) is 3.68. The van der Waals surface area contributed by atoms with E-state index in [9.17, 15) is 0 Å². The van der Waals surface area contributed by atoms with E-state index in [1.54, 1.807) is 18.4 Å². The summed E-state index contributed by atoms with van der Waals surface area (Å²) in [4.78, 5) is 7.88. The summed E-state index contributed by atoms with van der Waals surface area (Å²) < 4.78 is 0. The molecule has 0 fully saturated rings. The standard InChI is InChI=1S/C18H26N4S.HI/c1-4-22(3)14-16-8-5-7-15(11-16)12-20-18(19-2)21-13-17-9-6-10-23-17;/h5-11H,4,12-14H2,1-3H3,(H2,19,20,21);1H. The molecule has 0 atom stereocenters. The van der Waals surface area contributed by atoms with Gasteiger partial charge >= 0.3 is 0 Å². The molecule has 0 radical (unpaired) electrons. The molecule has 0 unspecified atom stereocenters. The SMILES string of the molecule is CCN(C)Cc1cccc(CNC(=NC)NCc2cccs2)c1.I. The molecule has 0 aliphatic heterocycles. The van der Waals surface area contributed by atoms with E-state index >= 15 is 0 Å². The highest BCUT2D eigenvalue weighted by molar-refractivity contribution is 14.0. The maximum Gasteiger partial charge on any atom is 0.191 e. The van der Waals surface area contributed by atoms with Crippen LogP contribution >= 0.6 is 35.3 Å². The molecule has 2 rings (SSSR count). The first kappa shape index (κ1) is 20.9. The van der Waals surface area contributed by atoms with Gasteiger partial charge in [-0.2, -0.15) is 0 Å². The van der Waals surface area contributed by atoms with Crippen LogP contribution in [-0.2, 0) is 19.6 Å². The Morgan fingerprint density at radius 2 is 1.88 bits per heavy atom. The highest BCUT2D eigenvalue weighted by Crippen LogP contribution is 2.08. The molecule has 132 valence electrons. The third-order valence-corrected chi connectivity index (χ3v) is 4.55. The molecule has 4 nitrogen and oxygen atoms in total. The summed E-state index contributed by atoms with van der Waals surface area (Å²) in [5, 5.41) is 8.80. The Balaban J connectivity index is 0.00000288. The Kier molecular flexibility index (Phi) is 9.97. The summed E-state index contributed by atoms with van der Waals surface area (Å²) in [5.74, 6) is 0.828. The fourth-order valence-corrected chi connectivity index (χ4v) is 2.90. The lowest BCUT2D eigenvalue weighted by Crippen LogP contribution is -2.36. The van der Waals surface area contributed by atoms with Crippen molar-refractivity contribution in [1.82, 2.24) is 15.5 Å². The monoisotopic (exact) mass is 458 g/mol. The van der Waals surface area contributed by atoms with Gasteiger partial charge in [-0.1, -0.05) is 37.3 Å². The maximum absolute atomic E-state index is 4.28. The molecule has 1 aromatic heterocycles. The number of benzene rings is 1. The number of nitrogens with zero attached hydrogens (tertiary/aromatic N) is 2. The van der Waals surface area contributed by atoms with E-state index in [1.165, 1.54) is 16.0 Å². The molecule has 1 heterocycles. The van der Waals surface area contributed by atoms with Gasteiger partial charge in [-0.25, -0.2) is 0 Å². The van der Waals surface area contributed by atoms with Crippen LogP contribution in [0.15, 0.2) is 46.8 Å². The van der Waals surface area contributed by atoms with Crippen LogP contribution in [0.3, 0.4) is 0 Å². The number of hydrogen-bond donors (Lipinski definition) is 2. The Bertz CT molecular complexity index is 613. The molecule has 2 N–H and O–H groups in total. The number of nitrogens with one attached hydrogen (secondary N) is 2. The van der Waals surface area contributed by atoms with E-state index in [1.807, 2.05) is 0 Å². The second-order valence-corrected chi connectivity index (χ2v) is 6.54. The first-order valence-electron chi connectivity index (χ1n) is 7.94. The number of hydrogen-bond acceptors (Lipinski definition) is 3. The molecular weight excluding hydrogens is 431 g/mol. The van der Waals surface area contributed by atoms with Crippen molar-refractivity contribution in [2.75, 3.05) is 20.6 Å². The molecule has 0 saturated heterocycles. The Morgan fingerprint density at radius 3 is 2.54 bits per heavy atom. The molecule has 0 aliphatic rings. The van der Waals surface area contributed by atoms with Crippen LogP contribution in [0.1, 0.15) is 22.9 Å². The van der Waals surface area contributed by atoms with E-state index < -0.39 is 0 Å². The fraction of sp³-hybridized carbons (Fsp3) is 0.389. The first-order chi connectivity index (χ1) is 11.2. The summed E-state index contributed by atoms with van der Waals surface area (Å²) in [5.41, 5.74) is 2.61. The fourth-order valence-electron chi connectivity index (χ4n) is 2.25. The molecule has 6 heteroatoms. The molecule has 0 spiro atoms. The van der Waals surface area contributed by atoms with Gasteiger partial charge < -0.3 is 15.5 Å². The van der Waals surface area contributed by atoms with Crippen LogP contribution in [0, 0.1) is 0 Å². The summed E-state index contributed by atoms with van der Waals surface area (Å²) in [6, 6.07) is 12.9. The number of halogens is 1. The average molecular weight is 458 g/mol. The number of thiophene rings is 1. The minimum atomic E-state index is 0. The van der Waals surface area contributed by atoms with Gasteiger partial charge in [-0.3, -0.25) is 4.99 Å². The van der Waals surface area contributed by atoms with Crippen LogP contribution in [-0.4, -0.2) is 31.5 Å². The summed E-state index contributed by atoms with van der Waals surface area (Å²) >= 11 is 1.75. The normalized spacial score (nSPS) is 11.2. The third kappa shape index (κ3) is 7.19. The Hall–Kier alpha value is -1.12. The summed E-state index contributed by atoms with van der Waals surface area (Å²) in [7, 11) is 3.94. The van der Waals surface area contributed by atoms with E-state index in [4.69, 9.17) is 0 Å². The van der Waals surface area contributed by atoms with Gasteiger partial charge in [0.05, 0.1) is 6.54 Å². The highest BCUT2D eigenvalue weighted by Gasteiger charge is 2.02. The van der Waals surface area contributed by atoms with Crippen molar-refractivity contribution in [2.45, 2.75) is 26.6 Å². The van der Waals surface area contributed by atoms with Crippen molar-refractivity contribution in [3.63, 3.8) is 0 Å². The smallest absolute Gasteiger partial charge is 0.191 e. The Labute approximate surface area is 166 Å². The summed E-state index contributed by atoms with van der Waals surface area (Å²) in [6.45, 7) is 5.79. The maximum atomic E-state index is 4.28. The number of rotatable bonds is 7. The third-order valence-electron chi connectivity index (χ3n) is 3.68. The predicted molar refractivity (Wildman–Crippen MR) is 115 cm³/mol. The van der Waals surface area contributed by atoms with Gasteiger partial charge in [0.2, 0.25) is 0 Å². The van der Waals surface area contributed by atoms with Crippen LogP contribution in [0.2, 0.25) is 0 Å². The van der Waals surface area contributed by atoms with Gasteiger partial charge in [-0.05, 0) is 36.2 Å². The number of guanidine groups is 1. The largest absolute Gasteiger partial charge is 0.352 e. The van der Waals surface area contributed by atoms with Crippen molar-refractivity contribution in [3.05, 3.63) is 57.8 Å². The molecule has 2 aromatic rings. The van der Waals surface area contributed by atoms with Gasteiger partial charge in [-0.15, -0.1) is 35.3 Å². The average Bonchev–Trinajstić information content (AvgIpc) is 3.08. The van der Waals surface area contributed by atoms with Crippen molar-refractivity contribution >= 4 is 41.3 Å². The number of aliphatic imine (C=N–C) groups is 1. The molecule has 1 aromatic carbocycles. The molecule has 0 saturated carbocycles. The first-order valence-corrected chi connectivity index (χ1v) is 8.82. The van der Waals surface area contributed by atoms with Crippen molar-refractivity contribution in [3.8, 4) is 0 Å². The molecular formula is C18H27IN4S. The molecule has 0 amide bonds. The topological polar surface area (TPSA) is 39.7 Å². The quantitative estimate of drug-likeness (QED) is 0.378. The lowest BCUT2D eigenvalue weighted by molar-refractivity contribution is 0.345. The van der Waals surface area contributed by atoms with E-state index in [-0.39, 0.29) is 24.0 Å². The zero-order valence-corrected chi connectivity index (χ0v) is 17.7. The minimum Gasteiger partial charge on any atom is -0.352 e. The van der Waals surface area contributed by atoms with Gasteiger partial charge in [0.1, 0.15) is 0 Å². The lowest BCUT2D eigenvalue weighted by Gasteiger charge is -2.15. The molecule has 24 heavy (non-hydrogen) atoms. The van der Waals surface area contributed by atoms with Gasteiger partial charge in [0.25, 0.3) is 0 Å². The highest BCUT2D eigenvalue weighted by atomic mass is 127. The van der Waals surface area contributed by atoms with Crippen molar-refractivity contribution in [1.29, 1.82) is 0 Å². The minimum absolute atomic E-state index is 0.